The molecular formula is C13H12N2O2. The Hall–Kier alpha value is -2.41. The number of benzene rings is 1. The van der Waals surface area contributed by atoms with Crippen LogP contribution in [0.15, 0.2) is 24.3 Å². The number of H-pyrrole nitrogens is 1. The first-order valence-corrected chi connectivity index (χ1v) is 5.13. The molecule has 0 aliphatic heterocycles. The molecule has 1 heterocycles. The standard InChI is InChI=1S/C13H12N2O2/c1-3-6-14-13(16)12-7-9-4-5-10(17-2)8-11(9)15-12/h1,4-5,7-8,15H,6H2,2H3,(H,14,16). The first-order chi connectivity index (χ1) is 8.24. The number of amides is 1. The molecule has 86 valence electrons. The molecule has 2 rings (SSSR count). The minimum Gasteiger partial charge on any atom is -0.497 e. The summed E-state index contributed by atoms with van der Waals surface area (Å²) in [6.45, 7) is 0.220. The zero-order valence-corrected chi connectivity index (χ0v) is 9.41. The second-order valence-electron chi connectivity index (χ2n) is 3.52. The highest BCUT2D eigenvalue weighted by atomic mass is 16.5. The number of hydrogen-bond acceptors (Lipinski definition) is 2. The Bertz CT molecular complexity index is 593. The monoisotopic (exact) mass is 228 g/mol. The molecule has 1 amide bonds. The maximum absolute atomic E-state index is 11.7. The number of ether oxygens (including phenoxy) is 1. The van der Waals surface area contributed by atoms with Gasteiger partial charge in [-0.2, -0.15) is 0 Å². The van der Waals surface area contributed by atoms with E-state index >= 15 is 0 Å². The Labute approximate surface area is 99.0 Å². The van der Waals surface area contributed by atoms with Gasteiger partial charge in [0.25, 0.3) is 5.91 Å². The third-order valence-electron chi connectivity index (χ3n) is 2.43. The van der Waals surface area contributed by atoms with Gasteiger partial charge in [-0.1, -0.05) is 5.92 Å². The van der Waals surface area contributed by atoms with E-state index in [0.29, 0.717) is 5.69 Å². The van der Waals surface area contributed by atoms with Crippen molar-refractivity contribution in [3.63, 3.8) is 0 Å². The fourth-order valence-corrected chi connectivity index (χ4v) is 1.58. The Morgan fingerprint density at radius 2 is 2.35 bits per heavy atom. The van der Waals surface area contributed by atoms with Crippen LogP contribution in [0.3, 0.4) is 0 Å². The van der Waals surface area contributed by atoms with Gasteiger partial charge in [0, 0.05) is 17.0 Å². The van der Waals surface area contributed by atoms with Crippen LogP contribution < -0.4 is 10.1 Å². The molecule has 0 aliphatic carbocycles. The lowest BCUT2D eigenvalue weighted by atomic mass is 10.2. The van der Waals surface area contributed by atoms with E-state index < -0.39 is 0 Å². The summed E-state index contributed by atoms with van der Waals surface area (Å²) in [5.74, 6) is 2.89. The summed E-state index contributed by atoms with van der Waals surface area (Å²) in [6, 6.07) is 7.36. The number of rotatable bonds is 3. The number of carbonyl (C=O) groups excluding carboxylic acids is 1. The highest BCUT2D eigenvalue weighted by molar-refractivity contribution is 5.98. The van der Waals surface area contributed by atoms with Crippen LogP contribution in [-0.4, -0.2) is 24.5 Å². The molecule has 1 aromatic heterocycles. The van der Waals surface area contributed by atoms with Gasteiger partial charge in [-0.25, -0.2) is 0 Å². The molecule has 0 fully saturated rings. The minimum absolute atomic E-state index is 0.210. The molecule has 0 bridgehead atoms. The third kappa shape index (κ3) is 2.23. The van der Waals surface area contributed by atoms with Crippen molar-refractivity contribution in [2.24, 2.45) is 0 Å². The zero-order chi connectivity index (χ0) is 12.3. The van der Waals surface area contributed by atoms with E-state index in [-0.39, 0.29) is 12.5 Å². The highest BCUT2D eigenvalue weighted by Crippen LogP contribution is 2.21. The summed E-state index contributed by atoms with van der Waals surface area (Å²) < 4.78 is 5.11. The number of fused-ring (bicyclic) bond motifs is 1. The van der Waals surface area contributed by atoms with Gasteiger partial charge in [0.15, 0.2) is 0 Å². The van der Waals surface area contributed by atoms with Crippen LogP contribution in [0.2, 0.25) is 0 Å². The number of hydrogen-bond donors (Lipinski definition) is 2. The molecule has 0 aliphatic rings. The largest absolute Gasteiger partial charge is 0.497 e. The zero-order valence-electron chi connectivity index (χ0n) is 9.41. The summed E-state index contributed by atoms with van der Waals surface area (Å²) in [4.78, 5) is 14.7. The van der Waals surface area contributed by atoms with Gasteiger partial charge in [-0.15, -0.1) is 6.42 Å². The number of aromatic amines is 1. The van der Waals surface area contributed by atoms with E-state index in [1.165, 1.54) is 0 Å². The lowest BCUT2D eigenvalue weighted by Gasteiger charge is -1.98. The van der Waals surface area contributed by atoms with E-state index in [1.807, 2.05) is 18.2 Å². The molecule has 0 unspecified atom stereocenters. The van der Waals surface area contributed by atoms with Crippen LogP contribution in [0.5, 0.6) is 5.75 Å². The maximum atomic E-state index is 11.7. The fourth-order valence-electron chi connectivity index (χ4n) is 1.58. The maximum Gasteiger partial charge on any atom is 0.268 e. The van der Waals surface area contributed by atoms with Gasteiger partial charge in [0.05, 0.1) is 13.7 Å². The lowest BCUT2D eigenvalue weighted by molar-refractivity contribution is 0.0954. The van der Waals surface area contributed by atoms with Crippen molar-refractivity contribution in [2.45, 2.75) is 0 Å². The average molecular weight is 228 g/mol. The van der Waals surface area contributed by atoms with Crippen LogP contribution in [0, 0.1) is 12.3 Å². The lowest BCUT2D eigenvalue weighted by Crippen LogP contribution is -2.23. The fraction of sp³-hybridized carbons (Fsp3) is 0.154. The first-order valence-electron chi connectivity index (χ1n) is 5.13. The van der Waals surface area contributed by atoms with Crippen LogP contribution in [-0.2, 0) is 0 Å². The summed E-state index contributed by atoms with van der Waals surface area (Å²) >= 11 is 0. The second-order valence-corrected chi connectivity index (χ2v) is 3.52. The molecule has 0 radical (unpaired) electrons. The molecule has 0 spiro atoms. The molecule has 1 aromatic carbocycles. The van der Waals surface area contributed by atoms with Crippen molar-refractivity contribution in [3.05, 3.63) is 30.0 Å². The van der Waals surface area contributed by atoms with Gasteiger partial charge >= 0.3 is 0 Å². The van der Waals surface area contributed by atoms with E-state index in [2.05, 4.69) is 16.2 Å². The average Bonchev–Trinajstić information content (AvgIpc) is 2.78. The Kier molecular flexibility index (Phi) is 3.01. The summed E-state index contributed by atoms with van der Waals surface area (Å²) in [6.07, 6.45) is 5.08. The number of methoxy groups -OCH3 is 1. The highest BCUT2D eigenvalue weighted by Gasteiger charge is 2.08. The van der Waals surface area contributed by atoms with Gasteiger partial charge in [0.2, 0.25) is 0 Å². The number of nitrogens with one attached hydrogen (secondary N) is 2. The molecule has 2 N–H and O–H groups in total. The summed E-state index contributed by atoms with van der Waals surface area (Å²) in [7, 11) is 1.60. The molecule has 4 nitrogen and oxygen atoms in total. The van der Waals surface area contributed by atoms with Crippen LogP contribution in [0.4, 0.5) is 0 Å². The van der Waals surface area contributed by atoms with Crippen molar-refractivity contribution in [3.8, 4) is 18.1 Å². The van der Waals surface area contributed by atoms with Crippen molar-refractivity contribution in [1.29, 1.82) is 0 Å². The topological polar surface area (TPSA) is 54.1 Å². The van der Waals surface area contributed by atoms with Gasteiger partial charge in [0.1, 0.15) is 11.4 Å². The van der Waals surface area contributed by atoms with Crippen LogP contribution in [0.25, 0.3) is 10.9 Å². The number of carbonyl (C=O) groups is 1. The Balaban J connectivity index is 2.31. The third-order valence-corrected chi connectivity index (χ3v) is 2.43. The number of terminal acetylenes is 1. The van der Waals surface area contributed by atoms with Gasteiger partial charge < -0.3 is 15.0 Å². The molecular weight excluding hydrogens is 216 g/mol. The van der Waals surface area contributed by atoms with Crippen molar-refractivity contribution in [2.75, 3.05) is 13.7 Å². The summed E-state index contributed by atoms with van der Waals surface area (Å²) in [5, 5.41) is 3.56. The van der Waals surface area contributed by atoms with Crippen molar-refractivity contribution >= 4 is 16.8 Å². The first kappa shape index (κ1) is 11.1. The van der Waals surface area contributed by atoms with E-state index in [0.717, 1.165) is 16.7 Å². The second kappa shape index (κ2) is 4.62. The summed E-state index contributed by atoms with van der Waals surface area (Å²) in [5.41, 5.74) is 1.35. The van der Waals surface area contributed by atoms with Crippen molar-refractivity contribution < 1.29 is 9.53 Å². The molecule has 17 heavy (non-hydrogen) atoms. The Morgan fingerprint density at radius 1 is 1.53 bits per heavy atom. The number of aromatic nitrogens is 1. The van der Waals surface area contributed by atoms with Crippen LogP contribution >= 0.6 is 0 Å². The minimum atomic E-state index is -0.210. The molecule has 2 aromatic rings. The SMILES string of the molecule is C#CCNC(=O)c1cc2ccc(OC)cc2[nH]1. The smallest absolute Gasteiger partial charge is 0.268 e. The predicted octanol–water partition coefficient (Wildman–Crippen LogP) is 1.54. The van der Waals surface area contributed by atoms with E-state index in [9.17, 15) is 4.79 Å². The predicted molar refractivity (Wildman–Crippen MR) is 66.0 cm³/mol. The van der Waals surface area contributed by atoms with E-state index in [4.69, 9.17) is 11.2 Å². The van der Waals surface area contributed by atoms with Crippen LogP contribution in [0.1, 0.15) is 10.5 Å². The van der Waals surface area contributed by atoms with Gasteiger partial charge in [-0.05, 0) is 18.2 Å². The van der Waals surface area contributed by atoms with E-state index in [1.54, 1.807) is 13.2 Å². The molecule has 4 heteroatoms. The molecule has 0 saturated heterocycles. The molecule has 0 saturated carbocycles. The van der Waals surface area contributed by atoms with Crippen molar-refractivity contribution in [1.82, 2.24) is 10.3 Å². The normalized spacial score (nSPS) is 9.88. The Morgan fingerprint density at radius 3 is 3.06 bits per heavy atom. The molecule has 0 atom stereocenters. The quantitative estimate of drug-likeness (QED) is 0.783. The van der Waals surface area contributed by atoms with Gasteiger partial charge in [-0.3, -0.25) is 4.79 Å².